The monoisotopic (exact) mass is 381 g/mol. The van der Waals surface area contributed by atoms with Gasteiger partial charge in [0.2, 0.25) is 0 Å². The first-order valence-corrected chi connectivity index (χ1v) is 9.43. The van der Waals surface area contributed by atoms with E-state index in [4.69, 9.17) is 0 Å². The van der Waals surface area contributed by atoms with Crippen LogP contribution in [0.3, 0.4) is 0 Å². The summed E-state index contributed by atoms with van der Waals surface area (Å²) < 4.78 is 27.1. The van der Waals surface area contributed by atoms with E-state index in [1.54, 1.807) is 6.20 Å². The predicted molar refractivity (Wildman–Crippen MR) is 106 cm³/mol. The summed E-state index contributed by atoms with van der Waals surface area (Å²) in [6, 6.07) is 8.92. The molecule has 1 aliphatic heterocycles. The van der Waals surface area contributed by atoms with Gasteiger partial charge in [0.1, 0.15) is 17.5 Å². The summed E-state index contributed by atoms with van der Waals surface area (Å²) in [6.45, 7) is 3.46. The van der Waals surface area contributed by atoms with E-state index in [0.717, 1.165) is 54.8 Å². The smallest absolute Gasteiger partial charge is 0.256 e. The van der Waals surface area contributed by atoms with Crippen LogP contribution in [0, 0.1) is 18.6 Å². The Morgan fingerprint density at radius 2 is 1.79 bits per heavy atom. The molecule has 0 aliphatic carbocycles. The van der Waals surface area contributed by atoms with Crippen LogP contribution in [0.1, 0.15) is 35.2 Å². The Morgan fingerprint density at radius 1 is 1.07 bits per heavy atom. The van der Waals surface area contributed by atoms with Gasteiger partial charge in [-0.15, -0.1) is 0 Å². The maximum absolute atomic E-state index is 13.5. The zero-order valence-corrected chi connectivity index (χ0v) is 15.6. The van der Waals surface area contributed by atoms with Gasteiger partial charge >= 0.3 is 0 Å². The standard InChI is InChI=1S/C22H21F2N3O/c1-14-6-5-7-18-20(14)19(22(28)27-8-3-2-4-9-27)13-25-21(18)26-17-11-15(23)10-16(24)12-17/h5-7,10-13H,2-4,8-9H2,1H3,(H,25,26). The predicted octanol–water partition coefficient (Wildman–Crippen LogP) is 5.19. The van der Waals surface area contributed by atoms with E-state index in [0.29, 0.717) is 11.4 Å². The van der Waals surface area contributed by atoms with Gasteiger partial charge in [0, 0.05) is 41.8 Å². The largest absolute Gasteiger partial charge is 0.340 e. The topological polar surface area (TPSA) is 45.2 Å². The lowest BCUT2D eigenvalue weighted by molar-refractivity contribution is 0.0726. The molecule has 4 nitrogen and oxygen atoms in total. The van der Waals surface area contributed by atoms with E-state index in [-0.39, 0.29) is 11.6 Å². The highest BCUT2D eigenvalue weighted by Gasteiger charge is 2.22. The van der Waals surface area contributed by atoms with Crippen LogP contribution in [0.25, 0.3) is 10.8 Å². The molecule has 0 radical (unpaired) electrons. The molecule has 1 N–H and O–H groups in total. The van der Waals surface area contributed by atoms with Gasteiger partial charge < -0.3 is 10.2 Å². The van der Waals surface area contributed by atoms with Crippen molar-refractivity contribution in [3.63, 3.8) is 0 Å². The zero-order chi connectivity index (χ0) is 19.7. The second-order valence-electron chi connectivity index (χ2n) is 7.15. The lowest BCUT2D eigenvalue weighted by Crippen LogP contribution is -2.35. The number of aryl methyl sites for hydroxylation is 1. The van der Waals surface area contributed by atoms with Crippen molar-refractivity contribution in [2.24, 2.45) is 0 Å². The summed E-state index contributed by atoms with van der Waals surface area (Å²) in [7, 11) is 0. The quantitative estimate of drug-likeness (QED) is 0.679. The number of aromatic nitrogens is 1. The molecule has 0 atom stereocenters. The second-order valence-corrected chi connectivity index (χ2v) is 7.15. The molecule has 1 aliphatic rings. The maximum atomic E-state index is 13.5. The van der Waals surface area contributed by atoms with Gasteiger partial charge in [-0.25, -0.2) is 13.8 Å². The normalized spacial score (nSPS) is 14.3. The van der Waals surface area contributed by atoms with E-state index in [1.807, 2.05) is 30.0 Å². The number of fused-ring (bicyclic) bond motifs is 1. The molecule has 0 spiro atoms. The highest BCUT2D eigenvalue weighted by atomic mass is 19.1. The van der Waals surface area contributed by atoms with Crippen molar-refractivity contribution < 1.29 is 13.6 Å². The van der Waals surface area contributed by atoms with Gasteiger partial charge in [0.15, 0.2) is 0 Å². The number of nitrogens with one attached hydrogen (secondary N) is 1. The minimum Gasteiger partial charge on any atom is -0.340 e. The van der Waals surface area contributed by atoms with Gasteiger partial charge in [-0.1, -0.05) is 18.2 Å². The highest BCUT2D eigenvalue weighted by molar-refractivity contribution is 6.10. The Kier molecular flexibility index (Phi) is 4.94. The fourth-order valence-electron chi connectivity index (χ4n) is 3.78. The number of nitrogens with zero attached hydrogens (tertiary/aromatic N) is 2. The third-order valence-corrected chi connectivity index (χ3v) is 5.12. The Hall–Kier alpha value is -3.02. The van der Waals surface area contributed by atoms with Crippen LogP contribution in [0.5, 0.6) is 0 Å². The van der Waals surface area contributed by atoms with Crippen molar-refractivity contribution in [3.8, 4) is 0 Å². The van der Waals surface area contributed by atoms with Crippen molar-refractivity contribution in [1.82, 2.24) is 9.88 Å². The maximum Gasteiger partial charge on any atom is 0.256 e. The van der Waals surface area contributed by atoms with Crippen LogP contribution < -0.4 is 5.32 Å². The van der Waals surface area contributed by atoms with E-state index in [1.165, 1.54) is 12.1 Å². The van der Waals surface area contributed by atoms with Crippen LogP contribution >= 0.6 is 0 Å². The number of carbonyl (C=O) groups is 1. The van der Waals surface area contributed by atoms with E-state index < -0.39 is 11.6 Å². The fraction of sp³-hybridized carbons (Fsp3) is 0.273. The number of likely N-dealkylation sites (tertiary alicyclic amines) is 1. The lowest BCUT2D eigenvalue weighted by atomic mass is 10.00. The number of halogens is 2. The first-order chi connectivity index (χ1) is 13.5. The fourth-order valence-corrected chi connectivity index (χ4v) is 3.78. The number of hydrogen-bond acceptors (Lipinski definition) is 3. The van der Waals surface area contributed by atoms with Crippen molar-refractivity contribution in [3.05, 3.63) is 65.4 Å². The Bertz CT molecular complexity index is 1030. The molecule has 1 aromatic heterocycles. The average molecular weight is 381 g/mol. The molecule has 28 heavy (non-hydrogen) atoms. The van der Waals surface area contributed by atoms with Crippen molar-refractivity contribution in [1.29, 1.82) is 0 Å². The van der Waals surface area contributed by atoms with Crippen LogP contribution in [-0.2, 0) is 0 Å². The first kappa shape index (κ1) is 18.3. The van der Waals surface area contributed by atoms with Crippen molar-refractivity contribution >= 4 is 28.2 Å². The van der Waals surface area contributed by atoms with Gasteiger partial charge in [-0.2, -0.15) is 0 Å². The number of carbonyl (C=O) groups excluding carboxylic acids is 1. The Labute approximate surface area is 162 Å². The number of piperidine rings is 1. The Balaban J connectivity index is 1.78. The molecule has 1 amide bonds. The summed E-state index contributed by atoms with van der Waals surface area (Å²) in [5.74, 6) is -0.895. The molecule has 1 saturated heterocycles. The van der Waals surface area contributed by atoms with Gasteiger partial charge in [-0.3, -0.25) is 4.79 Å². The van der Waals surface area contributed by atoms with Crippen LogP contribution in [-0.4, -0.2) is 28.9 Å². The molecule has 144 valence electrons. The summed E-state index contributed by atoms with van der Waals surface area (Å²) >= 11 is 0. The minimum absolute atomic E-state index is 0.0187. The lowest BCUT2D eigenvalue weighted by Gasteiger charge is -2.27. The summed E-state index contributed by atoms with van der Waals surface area (Å²) in [4.78, 5) is 19.4. The van der Waals surface area contributed by atoms with Crippen LogP contribution in [0.2, 0.25) is 0 Å². The van der Waals surface area contributed by atoms with Crippen LogP contribution in [0.15, 0.2) is 42.6 Å². The number of amides is 1. The Morgan fingerprint density at radius 3 is 2.50 bits per heavy atom. The molecule has 1 fully saturated rings. The number of pyridine rings is 1. The summed E-state index contributed by atoms with van der Waals surface area (Å²) in [5, 5.41) is 4.54. The van der Waals surface area contributed by atoms with Gasteiger partial charge in [0.05, 0.1) is 5.56 Å². The molecular formula is C22H21F2N3O. The number of benzene rings is 2. The van der Waals surface area contributed by atoms with Gasteiger partial charge in [-0.05, 0) is 43.9 Å². The van der Waals surface area contributed by atoms with Crippen molar-refractivity contribution in [2.45, 2.75) is 26.2 Å². The number of hydrogen-bond donors (Lipinski definition) is 1. The number of rotatable bonds is 3. The molecule has 0 unspecified atom stereocenters. The summed E-state index contributed by atoms with van der Waals surface area (Å²) in [6.07, 6.45) is 4.74. The average Bonchev–Trinajstić information content (AvgIpc) is 2.68. The van der Waals surface area contributed by atoms with Crippen molar-refractivity contribution in [2.75, 3.05) is 18.4 Å². The van der Waals surface area contributed by atoms with E-state index in [2.05, 4.69) is 10.3 Å². The second kappa shape index (κ2) is 7.54. The molecular weight excluding hydrogens is 360 g/mol. The molecule has 2 heterocycles. The molecule has 0 bridgehead atoms. The molecule has 0 saturated carbocycles. The summed E-state index contributed by atoms with van der Waals surface area (Å²) in [5.41, 5.74) is 1.78. The molecule has 4 rings (SSSR count). The van der Waals surface area contributed by atoms with E-state index >= 15 is 0 Å². The third kappa shape index (κ3) is 3.54. The highest BCUT2D eigenvalue weighted by Crippen LogP contribution is 2.31. The molecule has 3 aromatic rings. The van der Waals surface area contributed by atoms with E-state index in [9.17, 15) is 13.6 Å². The SMILES string of the molecule is Cc1cccc2c(Nc3cc(F)cc(F)c3)ncc(C(=O)N3CCCCC3)c12. The zero-order valence-electron chi connectivity index (χ0n) is 15.6. The van der Waals surface area contributed by atoms with Gasteiger partial charge in [0.25, 0.3) is 5.91 Å². The molecule has 2 aromatic carbocycles. The van der Waals surface area contributed by atoms with Crippen LogP contribution in [0.4, 0.5) is 20.3 Å². The third-order valence-electron chi connectivity index (χ3n) is 5.12. The first-order valence-electron chi connectivity index (χ1n) is 9.43. The number of anilines is 2. The minimum atomic E-state index is -0.667. The molecule has 6 heteroatoms.